The van der Waals surface area contributed by atoms with Crippen LogP contribution in [0.25, 0.3) is 0 Å². The van der Waals surface area contributed by atoms with Crippen molar-refractivity contribution in [2.24, 2.45) is 5.73 Å². The second-order valence-electron chi connectivity index (χ2n) is 4.32. The maximum Gasteiger partial charge on any atom is 0.255 e. The molecule has 2 atom stereocenters. The third-order valence-electron chi connectivity index (χ3n) is 2.72. The number of amides is 1. The third kappa shape index (κ3) is 3.72. The predicted octanol–water partition coefficient (Wildman–Crippen LogP) is 0.442. The number of benzene rings is 1. The van der Waals surface area contributed by atoms with E-state index in [-0.39, 0.29) is 12.5 Å². The van der Waals surface area contributed by atoms with Gasteiger partial charge < -0.3 is 20.9 Å². The fraction of sp³-hybridized carbons (Fsp3) is 0.462. The van der Waals surface area contributed by atoms with E-state index in [1.54, 1.807) is 19.1 Å². The molecule has 0 aliphatic rings. The van der Waals surface area contributed by atoms with Gasteiger partial charge in [-0.25, -0.2) is 0 Å². The Morgan fingerprint density at radius 3 is 2.78 bits per heavy atom. The van der Waals surface area contributed by atoms with Crippen molar-refractivity contribution < 1.29 is 14.6 Å². The molecule has 0 fully saturated rings. The standard InChI is InChI=1S/C13H20N2O3/c1-8-4-5-12(18-3)10(6-8)13(17)15-7-11(14)9(2)16/h4-6,9,11,16H,7,14H2,1-3H3,(H,15,17). The summed E-state index contributed by atoms with van der Waals surface area (Å²) in [6.07, 6.45) is -0.662. The summed E-state index contributed by atoms with van der Waals surface area (Å²) >= 11 is 0. The molecule has 1 rings (SSSR count). The van der Waals surface area contributed by atoms with Crippen LogP contribution < -0.4 is 15.8 Å². The topological polar surface area (TPSA) is 84.6 Å². The van der Waals surface area contributed by atoms with E-state index in [4.69, 9.17) is 10.5 Å². The van der Waals surface area contributed by atoms with Gasteiger partial charge >= 0.3 is 0 Å². The Balaban J connectivity index is 2.75. The molecule has 4 N–H and O–H groups in total. The normalized spacial score (nSPS) is 13.8. The first kappa shape index (κ1) is 14.5. The Morgan fingerprint density at radius 2 is 2.22 bits per heavy atom. The van der Waals surface area contributed by atoms with Crippen LogP contribution >= 0.6 is 0 Å². The van der Waals surface area contributed by atoms with E-state index in [2.05, 4.69) is 5.32 Å². The third-order valence-corrected chi connectivity index (χ3v) is 2.72. The number of aliphatic hydroxyl groups is 1. The molecular weight excluding hydrogens is 232 g/mol. The monoisotopic (exact) mass is 252 g/mol. The highest BCUT2D eigenvalue weighted by molar-refractivity contribution is 5.97. The van der Waals surface area contributed by atoms with Crippen molar-refractivity contribution in [1.82, 2.24) is 5.32 Å². The van der Waals surface area contributed by atoms with Gasteiger partial charge in [-0.1, -0.05) is 11.6 Å². The number of nitrogens with two attached hydrogens (primary N) is 1. The lowest BCUT2D eigenvalue weighted by Gasteiger charge is -2.16. The summed E-state index contributed by atoms with van der Waals surface area (Å²) < 4.78 is 5.13. The molecule has 0 aliphatic heterocycles. The van der Waals surface area contributed by atoms with Crippen LogP contribution in [0.1, 0.15) is 22.8 Å². The lowest BCUT2D eigenvalue weighted by molar-refractivity contribution is 0.0934. The van der Waals surface area contributed by atoms with E-state index in [1.807, 2.05) is 13.0 Å². The molecule has 0 aromatic heterocycles. The number of carbonyl (C=O) groups excluding carboxylic acids is 1. The number of nitrogens with one attached hydrogen (secondary N) is 1. The molecule has 100 valence electrons. The van der Waals surface area contributed by atoms with Gasteiger partial charge in [0.05, 0.1) is 18.8 Å². The number of carbonyl (C=O) groups is 1. The Morgan fingerprint density at radius 1 is 1.56 bits per heavy atom. The lowest BCUT2D eigenvalue weighted by Crippen LogP contribution is -2.43. The molecule has 18 heavy (non-hydrogen) atoms. The van der Waals surface area contributed by atoms with Crippen LogP contribution in [0.15, 0.2) is 18.2 Å². The molecule has 2 unspecified atom stereocenters. The quantitative estimate of drug-likeness (QED) is 0.710. The average Bonchev–Trinajstić information content (AvgIpc) is 2.35. The molecule has 0 saturated heterocycles. The predicted molar refractivity (Wildman–Crippen MR) is 69.7 cm³/mol. The van der Waals surface area contributed by atoms with Gasteiger partial charge in [-0.15, -0.1) is 0 Å². The highest BCUT2D eigenvalue weighted by Crippen LogP contribution is 2.19. The first-order chi connectivity index (χ1) is 8.45. The van der Waals surface area contributed by atoms with Crippen molar-refractivity contribution in [3.05, 3.63) is 29.3 Å². The van der Waals surface area contributed by atoms with Gasteiger partial charge in [0.2, 0.25) is 0 Å². The van der Waals surface area contributed by atoms with Gasteiger partial charge in [-0.05, 0) is 26.0 Å². The van der Waals surface area contributed by atoms with E-state index >= 15 is 0 Å². The maximum absolute atomic E-state index is 12.0. The van der Waals surface area contributed by atoms with Crippen molar-refractivity contribution in [2.45, 2.75) is 26.0 Å². The SMILES string of the molecule is COc1ccc(C)cc1C(=O)NCC(N)C(C)O. The lowest BCUT2D eigenvalue weighted by atomic mass is 10.1. The van der Waals surface area contributed by atoms with Crippen LogP contribution in [0.2, 0.25) is 0 Å². The molecule has 0 saturated carbocycles. The Hall–Kier alpha value is -1.59. The summed E-state index contributed by atoms with van der Waals surface area (Å²) in [5.41, 5.74) is 7.09. The Labute approximate surface area is 107 Å². The van der Waals surface area contributed by atoms with Gasteiger partial charge in [0.15, 0.2) is 0 Å². The molecule has 1 aromatic rings. The Kier molecular flexibility index (Phi) is 5.12. The molecule has 1 amide bonds. The molecule has 0 spiro atoms. The minimum absolute atomic E-state index is 0.216. The Bertz CT molecular complexity index is 419. The highest BCUT2D eigenvalue weighted by atomic mass is 16.5. The fourth-order valence-electron chi connectivity index (χ4n) is 1.48. The largest absolute Gasteiger partial charge is 0.496 e. The molecule has 0 bridgehead atoms. The highest BCUT2D eigenvalue weighted by Gasteiger charge is 2.15. The molecule has 0 radical (unpaired) electrons. The van der Waals surface area contributed by atoms with Crippen LogP contribution in [0.5, 0.6) is 5.75 Å². The minimum Gasteiger partial charge on any atom is -0.496 e. The summed E-state index contributed by atoms with van der Waals surface area (Å²) in [5.74, 6) is 0.260. The summed E-state index contributed by atoms with van der Waals surface area (Å²) in [7, 11) is 1.52. The van der Waals surface area contributed by atoms with Crippen LogP contribution in [-0.4, -0.2) is 36.8 Å². The zero-order valence-electron chi connectivity index (χ0n) is 10.9. The number of aliphatic hydroxyl groups excluding tert-OH is 1. The van der Waals surface area contributed by atoms with Crippen LogP contribution in [0, 0.1) is 6.92 Å². The summed E-state index contributed by atoms with van der Waals surface area (Å²) in [5, 5.41) is 11.9. The number of hydrogen-bond acceptors (Lipinski definition) is 4. The van der Waals surface area contributed by atoms with E-state index in [0.29, 0.717) is 11.3 Å². The first-order valence-corrected chi connectivity index (χ1v) is 5.82. The molecule has 1 aromatic carbocycles. The average molecular weight is 252 g/mol. The van der Waals surface area contributed by atoms with Crippen molar-refractivity contribution in [2.75, 3.05) is 13.7 Å². The molecule has 0 heterocycles. The fourth-order valence-corrected chi connectivity index (χ4v) is 1.48. The summed E-state index contributed by atoms with van der Waals surface area (Å²) in [4.78, 5) is 12.0. The number of rotatable bonds is 5. The molecular formula is C13H20N2O3. The number of methoxy groups -OCH3 is 1. The van der Waals surface area contributed by atoms with Crippen molar-refractivity contribution >= 4 is 5.91 Å². The van der Waals surface area contributed by atoms with Gasteiger partial charge in [0, 0.05) is 12.6 Å². The second kappa shape index (κ2) is 6.37. The van der Waals surface area contributed by atoms with E-state index in [9.17, 15) is 9.90 Å². The van der Waals surface area contributed by atoms with Crippen molar-refractivity contribution in [3.8, 4) is 5.75 Å². The number of aryl methyl sites for hydroxylation is 1. The summed E-state index contributed by atoms with van der Waals surface area (Å²) in [6, 6.07) is 4.89. The second-order valence-corrected chi connectivity index (χ2v) is 4.32. The van der Waals surface area contributed by atoms with Gasteiger partial charge in [-0.3, -0.25) is 4.79 Å². The maximum atomic E-state index is 12.0. The molecule has 0 aliphatic carbocycles. The van der Waals surface area contributed by atoms with Gasteiger partial charge in [-0.2, -0.15) is 0 Å². The molecule has 5 nitrogen and oxygen atoms in total. The first-order valence-electron chi connectivity index (χ1n) is 5.82. The van der Waals surface area contributed by atoms with Gasteiger partial charge in [0.1, 0.15) is 5.75 Å². The smallest absolute Gasteiger partial charge is 0.255 e. The van der Waals surface area contributed by atoms with Crippen molar-refractivity contribution in [1.29, 1.82) is 0 Å². The van der Waals surface area contributed by atoms with Crippen molar-refractivity contribution in [3.63, 3.8) is 0 Å². The zero-order valence-corrected chi connectivity index (χ0v) is 10.9. The van der Waals surface area contributed by atoms with Crippen LogP contribution in [-0.2, 0) is 0 Å². The van der Waals surface area contributed by atoms with Gasteiger partial charge in [0.25, 0.3) is 5.91 Å². The minimum atomic E-state index is -0.662. The van der Waals surface area contributed by atoms with E-state index < -0.39 is 12.1 Å². The summed E-state index contributed by atoms with van der Waals surface area (Å²) in [6.45, 7) is 3.70. The van der Waals surface area contributed by atoms with E-state index in [0.717, 1.165) is 5.56 Å². The zero-order chi connectivity index (χ0) is 13.7. The number of hydrogen-bond donors (Lipinski definition) is 3. The van der Waals surface area contributed by atoms with E-state index in [1.165, 1.54) is 7.11 Å². The number of ether oxygens (including phenoxy) is 1. The van der Waals surface area contributed by atoms with Crippen LogP contribution in [0.3, 0.4) is 0 Å². The van der Waals surface area contributed by atoms with Crippen LogP contribution in [0.4, 0.5) is 0 Å². The molecule has 5 heteroatoms.